The number of aryl methyl sites for hydroxylation is 3. The van der Waals surface area contributed by atoms with Gasteiger partial charge in [0.05, 0.1) is 10.7 Å². The molecule has 2 rings (SSSR count). The fourth-order valence-electron chi connectivity index (χ4n) is 2.23. The number of rotatable bonds is 5. The molecule has 1 atom stereocenters. The third-order valence-electron chi connectivity index (χ3n) is 3.36. The van der Waals surface area contributed by atoms with E-state index in [-0.39, 0.29) is 0 Å². The molecular formula is C16H20BrNS. The van der Waals surface area contributed by atoms with Gasteiger partial charge in [0.1, 0.15) is 0 Å². The highest BCUT2D eigenvalue weighted by Gasteiger charge is 2.13. The highest BCUT2D eigenvalue weighted by Crippen LogP contribution is 2.22. The number of nitrogens with zero attached hydrogens (tertiary/aromatic N) is 1. The number of hydrogen-bond donors (Lipinski definition) is 0. The van der Waals surface area contributed by atoms with E-state index in [4.69, 9.17) is 0 Å². The lowest BCUT2D eigenvalue weighted by atomic mass is 9.97. The first-order chi connectivity index (χ1) is 9.08. The second kappa shape index (κ2) is 6.67. The van der Waals surface area contributed by atoms with Crippen LogP contribution < -0.4 is 0 Å². The minimum Gasteiger partial charge on any atom is -0.246 e. The number of hydrogen-bond acceptors (Lipinski definition) is 2. The fraction of sp³-hybridized carbons (Fsp3) is 0.438. The third-order valence-corrected chi connectivity index (χ3v) is 5.37. The number of alkyl halides is 1. The van der Waals surface area contributed by atoms with Gasteiger partial charge in [-0.1, -0.05) is 45.8 Å². The molecule has 0 bridgehead atoms. The normalized spacial score (nSPS) is 12.6. The lowest BCUT2D eigenvalue weighted by Gasteiger charge is -2.13. The third kappa shape index (κ3) is 4.15. The Balaban J connectivity index is 2.04. The predicted molar refractivity (Wildman–Crippen MR) is 87.5 cm³/mol. The van der Waals surface area contributed by atoms with Gasteiger partial charge in [0.15, 0.2) is 0 Å². The van der Waals surface area contributed by atoms with Gasteiger partial charge >= 0.3 is 0 Å². The Bertz CT molecular complexity index is 528. The molecule has 0 saturated carbocycles. The lowest BCUT2D eigenvalue weighted by Crippen LogP contribution is -2.10. The largest absolute Gasteiger partial charge is 0.246 e. The monoisotopic (exact) mass is 337 g/mol. The van der Waals surface area contributed by atoms with Crippen LogP contribution in [0.3, 0.4) is 0 Å². The molecule has 1 unspecified atom stereocenters. The van der Waals surface area contributed by atoms with Crippen LogP contribution in [0.5, 0.6) is 0 Å². The van der Waals surface area contributed by atoms with Crippen molar-refractivity contribution in [3.8, 4) is 0 Å². The molecule has 0 radical (unpaired) electrons. The summed E-state index contributed by atoms with van der Waals surface area (Å²) in [4.78, 5) is 6.00. The van der Waals surface area contributed by atoms with Crippen molar-refractivity contribution in [1.82, 2.24) is 4.98 Å². The fourth-order valence-corrected chi connectivity index (χ4v) is 3.73. The molecule has 1 nitrogen and oxygen atoms in total. The molecule has 102 valence electrons. The standard InChI is InChI=1S/C16H20BrNS/c1-11-5-4-6-14(7-11)8-15(10-17)9-16-18-12(2)13(3)19-16/h4-7,15H,8-10H2,1-3H3. The van der Waals surface area contributed by atoms with Crippen molar-refractivity contribution in [1.29, 1.82) is 0 Å². The van der Waals surface area contributed by atoms with E-state index in [0.717, 1.165) is 18.2 Å². The number of benzene rings is 1. The van der Waals surface area contributed by atoms with Gasteiger partial charge in [0, 0.05) is 16.6 Å². The van der Waals surface area contributed by atoms with Crippen molar-refractivity contribution in [2.45, 2.75) is 33.6 Å². The molecule has 19 heavy (non-hydrogen) atoms. The predicted octanol–water partition coefficient (Wildman–Crippen LogP) is 4.86. The van der Waals surface area contributed by atoms with Gasteiger partial charge in [0.2, 0.25) is 0 Å². The van der Waals surface area contributed by atoms with Crippen molar-refractivity contribution in [3.63, 3.8) is 0 Å². The summed E-state index contributed by atoms with van der Waals surface area (Å²) in [5.74, 6) is 0.617. The van der Waals surface area contributed by atoms with Gasteiger partial charge in [-0.2, -0.15) is 0 Å². The quantitative estimate of drug-likeness (QED) is 0.709. The summed E-state index contributed by atoms with van der Waals surface area (Å²) in [6, 6.07) is 8.81. The molecular weight excluding hydrogens is 318 g/mol. The van der Waals surface area contributed by atoms with Crippen molar-refractivity contribution in [3.05, 3.63) is 51.0 Å². The zero-order valence-electron chi connectivity index (χ0n) is 11.7. The summed E-state index contributed by atoms with van der Waals surface area (Å²) in [5.41, 5.74) is 3.95. The maximum atomic E-state index is 4.65. The van der Waals surface area contributed by atoms with Crippen LogP contribution in [0.2, 0.25) is 0 Å². The maximum absolute atomic E-state index is 4.65. The lowest BCUT2D eigenvalue weighted by molar-refractivity contribution is 0.588. The molecule has 0 spiro atoms. The molecule has 3 heteroatoms. The first kappa shape index (κ1) is 14.7. The number of thiazole rings is 1. The van der Waals surface area contributed by atoms with Crippen LogP contribution in [0.25, 0.3) is 0 Å². The smallest absolute Gasteiger partial charge is 0.0934 e. The molecule has 0 aliphatic carbocycles. The van der Waals surface area contributed by atoms with Crippen molar-refractivity contribution in [2.75, 3.05) is 5.33 Å². The molecule has 0 fully saturated rings. The van der Waals surface area contributed by atoms with Crippen LogP contribution in [0.1, 0.15) is 26.7 Å². The van der Waals surface area contributed by atoms with E-state index in [1.165, 1.54) is 26.7 Å². The Labute approximate surface area is 128 Å². The van der Waals surface area contributed by atoms with Gasteiger partial charge in [-0.3, -0.25) is 0 Å². The zero-order valence-corrected chi connectivity index (χ0v) is 14.1. The summed E-state index contributed by atoms with van der Waals surface area (Å²) in [6.07, 6.45) is 2.18. The van der Waals surface area contributed by atoms with Gasteiger partial charge < -0.3 is 0 Å². The van der Waals surface area contributed by atoms with Crippen LogP contribution in [-0.2, 0) is 12.8 Å². The van der Waals surface area contributed by atoms with Crippen LogP contribution in [0.15, 0.2) is 24.3 Å². The van der Waals surface area contributed by atoms with Crippen molar-refractivity contribution < 1.29 is 0 Å². The van der Waals surface area contributed by atoms with Crippen molar-refractivity contribution >= 4 is 27.3 Å². The molecule has 1 heterocycles. The first-order valence-electron chi connectivity index (χ1n) is 6.63. The molecule has 0 N–H and O–H groups in total. The summed E-state index contributed by atoms with van der Waals surface area (Å²) in [6.45, 7) is 6.40. The summed E-state index contributed by atoms with van der Waals surface area (Å²) >= 11 is 5.49. The van der Waals surface area contributed by atoms with E-state index in [0.29, 0.717) is 5.92 Å². The Hall–Kier alpha value is -0.670. The molecule has 1 aromatic carbocycles. The van der Waals surface area contributed by atoms with Gasteiger partial charge in [0.25, 0.3) is 0 Å². The second-order valence-corrected chi connectivity index (χ2v) is 7.10. The van der Waals surface area contributed by atoms with Crippen LogP contribution in [0, 0.1) is 26.7 Å². The topological polar surface area (TPSA) is 12.9 Å². The Kier molecular flexibility index (Phi) is 5.17. The summed E-state index contributed by atoms with van der Waals surface area (Å²) < 4.78 is 0. The Morgan fingerprint density at radius 1 is 1.21 bits per heavy atom. The van der Waals surface area contributed by atoms with E-state index in [9.17, 15) is 0 Å². The summed E-state index contributed by atoms with van der Waals surface area (Å²) in [5, 5.41) is 2.30. The van der Waals surface area contributed by atoms with Gasteiger partial charge in [-0.15, -0.1) is 11.3 Å². The first-order valence-corrected chi connectivity index (χ1v) is 8.56. The van der Waals surface area contributed by atoms with Gasteiger partial charge in [-0.05, 0) is 38.7 Å². The molecule has 0 aliphatic rings. The average Bonchev–Trinajstić information content (AvgIpc) is 2.67. The molecule has 1 aromatic heterocycles. The Morgan fingerprint density at radius 2 is 2.00 bits per heavy atom. The van der Waals surface area contributed by atoms with Crippen molar-refractivity contribution in [2.24, 2.45) is 5.92 Å². The minimum absolute atomic E-state index is 0.617. The van der Waals surface area contributed by atoms with Crippen LogP contribution >= 0.6 is 27.3 Å². The van der Waals surface area contributed by atoms with E-state index < -0.39 is 0 Å². The molecule has 0 saturated heterocycles. The molecule has 0 amide bonds. The second-order valence-electron chi connectivity index (χ2n) is 5.17. The number of halogens is 1. The summed E-state index contributed by atoms with van der Waals surface area (Å²) in [7, 11) is 0. The SMILES string of the molecule is Cc1cccc(CC(CBr)Cc2nc(C)c(C)s2)c1. The average molecular weight is 338 g/mol. The van der Waals surface area contributed by atoms with Gasteiger partial charge in [-0.25, -0.2) is 4.98 Å². The maximum Gasteiger partial charge on any atom is 0.0934 e. The highest BCUT2D eigenvalue weighted by atomic mass is 79.9. The molecule has 0 aliphatic heterocycles. The minimum atomic E-state index is 0.617. The van der Waals surface area contributed by atoms with Crippen LogP contribution in [0.4, 0.5) is 0 Å². The van der Waals surface area contributed by atoms with Crippen LogP contribution in [-0.4, -0.2) is 10.3 Å². The number of aromatic nitrogens is 1. The zero-order chi connectivity index (χ0) is 13.8. The van der Waals surface area contributed by atoms with E-state index in [1.807, 2.05) is 11.3 Å². The van der Waals surface area contributed by atoms with E-state index in [2.05, 4.69) is 66.0 Å². The van der Waals surface area contributed by atoms with E-state index in [1.54, 1.807) is 0 Å². The Morgan fingerprint density at radius 3 is 2.58 bits per heavy atom. The van der Waals surface area contributed by atoms with E-state index >= 15 is 0 Å². The molecule has 2 aromatic rings. The highest BCUT2D eigenvalue weighted by molar-refractivity contribution is 9.09.